The molecule has 0 aliphatic heterocycles. The smallest absolute Gasteiger partial charge is 0.328 e. The number of aryl methyl sites for hydroxylation is 1. The van der Waals surface area contributed by atoms with Crippen molar-refractivity contribution in [1.82, 2.24) is 14.9 Å². The molecule has 0 spiro atoms. The lowest BCUT2D eigenvalue weighted by Gasteiger charge is -2.25. The number of nitrogens with one attached hydrogen (secondary N) is 2. The van der Waals surface area contributed by atoms with Gasteiger partial charge < -0.3 is 15.0 Å². The standard InChI is InChI=1S/C19H25N3O4S/c1-14-5-11-17(12-6-14)27(24,25)21-19(23)20-13-18(22(2)3)15-7-9-16(26-4)10-8-15/h5-12,18H,13H2,1-4H3,(H2,20,21,23). The lowest BCUT2D eigenvalue weighted by molar-refractivity contribution is 0.237. The summed E-state index contributed by atoms with van der Waals surface area (Å²) in [6.07, 6.45) is 0. The van der Waals surface area contributed by atoms with Crippen molar-refractivity contribution in [3.8, 4) is 5.75 Å². The van der Waals surface area contributed by atoms with Gasteiger partial charge in [0, 0.05) is 6.54 Å². The zero-order valence-electron chi connectivity index (χ0n) is 15.9. The Kier molecular flexibility index (Phi) is 6.81. The Hall–Kier alpha value is -2.58. The van der Waals surface area contributed by atoms with Crippen LogP contribution in [0.15, 0.2) is 53.4 Å². The third-order valence-electron chi connectivity index (χ3n) is 4.14. The van der Waals surface area contributed by atoms with E-state index in [1.807, 2.05) is 54.9 Å². The highest BCUT2D eigenvalue weighted by Gasteiger charge is 2.20. The van der Waals surface area contributed by atoms with E-state index in [4.69, 9.17) is 4.74 Å². The number of methoxy groups -OCH3 is 1. The van der Waals surface area contributed by atoms with E-state index < -0.39 is 16.1 Å². The largest absolute Gasteiger partial charge is 0.497 e. The molecule has 0 aliphatic rings. The second-order valence-corrected chi connectivity index (χ2v) is 8.06. The van der Waals surface area contributed by atoms with Crippen LogP contribution in [0.3, 0.4) is 0 Å². The van der Waals surface area contributed by atoms with Gasteiger partial charge in [0.15, 0.2) is 0 Å². The van der Waals surface area contributed by atoms with Gasteiger partial charge in [-0.05, 0) is 50.8 Å². The summed E-state index contributed by atoms with van der Waals surface area (Å²) in [4.78, 5) is 14.1. The summed E-state index contributed by atoms with van der Waals surface area (Å²) in [6.45, 7) is 2.10. The Labute approximate surface area is 160 Å². The molecule has 2 rings (SSSR count). The fourth-order valence-electron chi connectivity index (χ4n) is 2.55. The van der Waals surface area contributed by atoms with E-state index in [1.165, 1.54) is 12.1 Å². The minimum absolute atomic E-state index is 0.0440. The van der Waals surface area contributed by atoms with Crippen LogP contribution in [0, 0.1) is 6.92 Å². The van der Waals surface area contributed by atoms with Crippen LogP contribution in [-0.2, 0) is 10.0 Å². The molecule has 0 fully saturated rings. The number of hydrogen-bond acceptors (Lipinski definition) is 5. The molecule has 2 amide bonds. The van der Waals surface area contributed by atoms with Gasteiger partial charge in [0.2, 0.25) is 0 Å². The number of rotatable bonds is 7. The van der Waals surface area contributed by atoms with Crippen molar-refractivity contribution in [3.05, 3.63) is 59.7 Å². The molecule has 1 unspecified atom stereocenters. The first-order valence-electron chi connectivity index (χ1n) is 8.40. The summed E-state index contributed by atoms with van der Waals surface area (Å²) in [5.74, 6) is 0.742. The number of amides is 2. The third kappa shape index (κ3) is 5.70. The molecule has 27 heavy (non-hydrogen) atoms. The number of nitrogens with zero attached hydrogens (tertiary/aromatic N) is 1. The summed E-state index contributed by atoms with van der Waals surface area (Å²) in [5.41, 5.74) is 1.91. The van der Waals surface area contributed by atoms with Crippen molar-refractivity contribution < 1.29 is 17.9 Å². The van der Waals surface area contributed by atoms with Crippen LogP contribution in [0.2, 0.25) is 0 Å². The molecule has 0 bridgehead atoms. The molecule has 2 N–H and O–H groups in total. The minimum atomic E-state index is -3.91. The normalized spacial score (nSPS) is 12.5. The number of urea groups is 1. The fraction of sp³-hybridized carbons (Fsp3) is 0.316. The molecule has 0 saturated carbocycles. The first-order chi connectivity index (χ1) is 12.7. The predicted octanol–water partition coefficient (Wildman–Crippen LogP) is 2.29. The monoisotopic (exact) mass is 391 g/mol. The molecule has 2 aromatic rings. The van der Waals surface area contributed by atoms with Crippen molar-refractivity contribution in [2.45, 2.75) is 17.9 Å². The number of carbonyl (C=O) groups excluding carboxylic acids is 1. The highest BCUT2D eigenvalue weighted by atomic mass is 32.2. The van der Waals surface area contributed by atoms with Crippen LogP contribution in [-0.4, -0.2) is 47.1 Å². The molecular weight excluding hydrogens is 366 g/mol. The summed E-state index contributed by atoms with van der Waals surface area (Å²) in [5, 5.41) is 2.63. The average Bonchev–Trinajstić information content (AvgIpc) is 2.62. The zero-order valence-corrected chi connectivity index (χ0v) is 16.7. The van der Waals surface area contributed by atoms with E-state index in [9.17, 15) is 13.2 Å². The van der Waals surface area contributed by atoms with Crippen molar-refractivity contribution in [3.63, 3.8) is 0 Å². The summed E-state index contributed by atoms with van der Waals surface area (Å²) < 4.78 is 31.7. The van der Waals surface area contributed by atoms with E-state index in [-0.39, 0.29) is 17.5 Å². The lowest BCUT2D eigenvalue weighted by atomic mass is 10.1. The van der Waals surface area contributed by atoms with Gasteiger partial charge in [0.1, 0.15) is 5.75 Å². The minimum Gasteiger partial charge on any atom is -0.497 e. The molecule has 0 heterocycles. The maximum atomic E-state index is 12.3. The van der Waals surface area contributed by atoms with Gasteiger partial charge in [-0.1, -0.05) is 29.8 Å². The van der Waals surface area contributed by atoms with Crippen molar-refractivity contribution in [2.75, 3.05) is 27.7 Å². The molecule has 146 valence electrons. The van der Waals surface area contributed by atoms with Crippen LogP contribution in [0.1, 0.15) is 17.2 Å². The van der Waals surface area contributed by atoms with Crippen LogP contribution in [0.5, 0.6) is 5.75 Å². The molecule has 1 atom stereocenters. The summed E-state index contributed by atoms with van der Waals surface area (Å²) in [6, 6.07) is 12.9. The van der Waals surface area contributed by atoms with E-state index in [2.05, 4.69) is 5.32 Å². The highest BCUT2D eigenvalue weighted by Crippen LogP contribution is 2.20. The third-order valence-corrected chi connectivity index (χ3v) is 5.49. The van der Waals surface area contributed by atoms with Crippen molar-refractivity contribution in [1.29, 1.82) is 0 Å². The van der Waals surface area contributed by atoms with E-state index >= 15 is 0 Å². The Bertz CT molecular complexity index is 863. The van der Waals surface area contributed by atoms with Crippen LogP contribution < -0.4 is 14.8 Å². The number of hydrogen-bond donors (Lipinski definition) is 2. The van der Waals surface area contributed by atoms with E-state index in [1.54, 1.807) is 19.2 Å². The molecule has 0 aromatic heterocycles. The summed E-state index contributed by atoms with van der Waals surface area (Å²) in [7, 11) is 1.46. The van der Waals surface area contributed by atoms with Gasteiger partial charge in [-0.15, -0.1) is 0 Å². The molecule has 0 saturated heterocycles. The molecule has 8 heteroatoms. The zero-order chi connectivity index (χ0) is 20.0. The fourth-order valence-corrected chi connectivity index (χ4v) is 3.48. The maximum Gasteiger partial charge on any atom is 0.328 e. The molecular formula is C19H25N3O4S. The Morgan fingerprint density at radius 1 is 1.07 bits per heavy atom. The van der Waals surface area contributed by atoms with Gasteiger partial charge in [-0.2, -0.15) is 0 Å². The maximum absolute atomic E-state index is 12.3. The van der Waals surface area contributed by atoms with Crippen molar-refractivity contribution >= 4 is 16.1 Å². The van der Waals surface area contributed by atoms with E-state index in [0.29, 0.717) is 0 Å². The van der Waals surface area contributed by atoms with Crippen LogP contribution >= 0.6 is 0 Å². The van der Waals surface area contributed by atoms with Crippen LogP contribution in [0.4, 0.5) is 4.79 Å². The first-order valence-corrected chi connectivity index (χ1v) is 9.89. The predicted molar refractivity (Wildman–Crippen MR) is 104 cm³/mol. The highest BCUT2D eigenvalue weighted by molar-refractivity contribution is 7.90. The first kappa shape index (κ1) is 20.7. The summed E-state index contributed by atoms with van der Waals surface area (Å²) >= 11 is 0. The van der Waals surface area contributed by atoms with Crippen LogP contribution in [0.25, 0.3) is 0 Å². The number of ether oxygens (including phenoxy) is 1. The van der Waals surface area contributed by atoms with Gasteiger partial charge in [-0.3, -0.25) is 0 Å². The number of benzene rings is 2. The SMILES string of the molecule is COc1ccc(C(CNC(=O)NS(=O)(=O)c2ccc(C)cc2)N(C)C)cc1. The van der Waals surface area contributed by atoms with Gasteiger partial charge in [0.25, 0.3) is 10.0 Å². The number of likely N-dealkylation sites (N-methyl/N-ethyl adjacent to an activating group) is 1. The second-order valence-electron chi connectivity index (χ2n) is 6.38. The Morgan fingerprint density at radius 3 is 2.19 bits per heavy atom. The number of sulfonamides is 1. The molecule has 2 aromatic carbocycles. The van der Waals surface area contributed by atoms with Crippen molar-refractivity contribution in [2.24, 2.45) is 0 Å². The lowest BCUT2D eigenvalue weighted by Crippen LogP contribution is -2.42. The van der Waals surface area contributed by atoms with Gasteiger partial charge >= 0.3 is 6.03 Å². The molecule has 0 aliphatic carbocycles. The molecule has 0 radical (unpaired) electrons. The Balaban J connectivity index is 2.01. The quantitative estimate of drug-likeness (QED) is 0.756. The topological polar surface area (TPSA) is 87.7 Å². The molecule has 7 nitrogen and oxygen atoms in total. The second kappa shape index (κ2) is 8.88. The van der Waals surface area contributed by atoms with Gasteiger partial charge in [0.05, 0.1) is 18.0 Å². The van der Waals surface area contributed by atoms with E-state index in [0.717, 1.165) is 16.9 Å². The number of carbonyl (C=O) groups is 1. The average molecular weight is 391 g/mol. The van der Waals surface area contributed by atoms with Gasteiger partial charge in [-0.25, -0.2) is 17.9 Å². The Morgan fingerprint density at radius 2 is 1.67 bits per heavy atom.